The topological polar surface area (TPSA) is 81.0 Å². The van der Waals surface area contributed by atoms with Crippen LogP contribution in [0.15, 0.2) is 35.3 Å². The largest absolute Gasteiger partial charge is 0.454 e. The highest BCUT2D eigenvalue weighted by atomic mass is 16.5. The van der Waals surface area contributed by atoms with Gasteiger partial charge in [0.25, 0.3) is 0 Å². The zero-order chi connectivity index (χ0) is 11.5. The standard InChI is InChI=1S/C11H11N3O2/c1-7-10(6-13-11(15)14-7)16-9-4-2-3-8(12)5-9/h2-6H,12H2,1H3,(H,13,14,15). The number of rotatable bonds is 2. The molecule has 2 aromatic rings. The second-order valence-corrected chi connectivity index (χ2v) is 3.35. The number of anilines is 1. The zero-order valence-corrected chi connectivity index (χ0v) is 8.73. The van der Waals surface area contributed by atoms with E-state index in [1.165, 1.54) is 6.20 Å². The number of hydrogen-bond donors (Lipinski definition) is 2. The lowest BCUT2D eigenvalue weighted by Gasteiger charge is -2.07. The van der Waals surface area contributed by atoms with Crippen LogP contribution in [0.2, 0.25) is 0 Å². The van der Waals surface area contributed by atoms with Gasteiger partial charge < -0.3 is 15.5 Å². The van der Waals surface area contributed by atoms with E-state index in [1.54, 1.807) is 31.2 Å². The molecule has 1 heterocycles. The van der Waals surface area contributed by atoms with E-state index in [0.717, 1.165) is 0 Å². The lowest BCUT2D eigenvalue weighted by atomic mass is 10.3. The van der Waals surface area contributed by atoms with E-state index in [-0.39, 0.29) is 0 Å². The molecule has 3 N–H and O–H groups in total. The lowest BCUT2D eigenvalue weighted by molar-refractivity contribution is 0.472. The minimum absolute atomic E-state index is 0.391. The van der Waals surface area contributed by atoms with E-state index in [4.69, 9.17) is 10.5 Å². The van der Waals surface area contributed by atoms with Crippen molar-refractivity contribution < 1.29 is 4.74 Å². The molecule has 0 atom stereocenters. The monoisotopic (exact) mass is 217 g/mol. The Kier molecular flexibility index (Phi) is 2.59. The van der Waals surface area contributed by atoms with E-state index in [1.807, 2.05) is 0 Å². The first kappa shape index (κ1) is 10.2. The molecule has 0 fully saturated rings. The predicted octanol–water partition coefficient (Wildman–Crippen LogP) is 1.45. The highest BCUT2D eigenvalue weighted by molar-refractivity contribution is 5.45. The van der Waals surface area contributed by atoms with Gasteiger partial charge in [0.15, 0.2) is 5.75 Å². The Morgan fingerprint density at radius 1 is 1.44 bits per heavy atom. The first-order valence-electron chi connectivity index (χ1n) is 4.74. The van der Waals surface area contributed by atoms with Gasteiger partial charge in [-0.05, 0) is 19.1 Å². The summed E-state index contributed by atoms with van der Waals surface area (Å²) >= 11 is 0. The van der Waals surface area contributed by atoms with E-state index in [2.05, 4.69) is 9.97 Å². The van der Waals surface area contributed by atoms with Crippen molar-refractivity contribution in [1.29, 1.82) is 0 Å². The van der Waals surface area contributed by atoms with Crippen molar-refractivity contribution in [2.45, 2.75) is 6.92 Å². The zero-order valence-electron chi connectivity index (χ0n) is 8.73. The van der Waals surface area contributed by atoms with Crippen LogP contribution in [-0.2, 0) is 0 Å². The molecule has 0 radical (unpaired) electrons. The number of nitrogen functional groups attached to an aromatic ring is 1. The van der Waals surface area contributed by atoms with E-state index < -0.39 is 5.69 Å². The Bertz CT molecular complexity index is 563. The third-order valence-corrected chi connectivity index (χ3v) is 2.05. The molecule has 0 aliphatic heterocycles. The van der Waals surface area contributed by atoms with Crippen molar-refractivity contribution in [3.05, 3.63) is 46.6 Å². The number of hydrogen-bond acceptors (Lipinski definition) is 4. The van der Waals surface area contributed by atoms with Gasteiger partial charge >= 0.3 is 5.69 Å². The van der Waals surface area contributed by atoms with Crippen molar-refractivity contribution in [2.24, 2.45) is 0 Å². The number of aryl methyl sites for hydroxylation is 1. The maximum Gasteiger partial charge on any atom is 0.345 e. The average Bonchev–Trinajstić information content (AvgIpc) is 2.22. The van der Waals surface area contributed by atoms with Crippen LogP contribution in [0.1, 0.15) is 5.69 Å². The molecule has 0 amide bonds. The molecule has 0 bridgehead atoms. The van der Waals surface area contributed by atoms with Gasteiger partial charge in [-0.15, -0.1) is 0 Å². The molecule has 0 saturated carbocycles. The molecule has 0 unspecified atom stereocenters. The summed E-state index contributed by atoms with van der Waals surface area (Å²) in [5.74, 6) is 1.11. The molecule has 5 heteroatoms. The van der Waals surface area contributed by atoms with Crippen LogP contribution in [0.25, 0.3) is 0 Å². The molecule has 82 valence electrons. The van der Waals surface area contributed by atoms with Gasteiger partial charge in [0.05, 0.1) is 11.9 Å². The van der Waals surface area contributed by atoms with Gasteiger partial charge in [-0.25, -0.2) is 4.79 Å². The normalized spacial score (nSPS) is 10.1. The number of aromatic nitrogens is 2. The maximum absolute atomic E-state index is 10.9. The Hall–Kier alpha value is -2.30. The van der Waals surface area contributed by atoms with Crippen molar-refractivity contribution in [3.63, 3.8) is 0 Å². The van der Waals surface area contributed by atoms with Gasteiger partial charge in [0.1, 0.15) is 5.75 Å². The van der Waals surface area contributed by atoms with Crippen molar-refractivity contribution in [2.75, 3.05) is 5.73 Å². The summed E-state index contributed by atoms with van der Waals surface area (Å²) in [5, 5.41) is 0. The second-order valence-electron chi connectivity index (χ2n) is 3.35. The number of nitrogens with zero attached hydrogens (tertiary/aromatic N) is 1. The van der Waals surface area contributed by atoms with Gasteiger partial charge in [0, 0.05) is 11.8 Å². The number of nitrogens with two attached hydrogens (primary N) is 1. The number of nitrogens with one attached hydrogen (secondary N) is 1. The predicted molar refractivity (Wildman–Crippen MR) is 60.5 cm³/mol. The number of ether oxygens (including phenoxy) is 1. The second kappa shape index (κ2) is 4.06. The molecule has 0 spiro atoms. The van der Waals surface area contributed by atoms with Crippen LogP contribution >= 0.6 is 0 Å². The van der Waals surface area contributed by atoms with Gasteiger partial charge in [-0.1, -0.05) is 6.07 Å². The molecule has 5 nitrogen and oxygen atoms in total. The third-order valence-electron chi connectivity index (χ3n) is 2.05. The molecule has 2 rings (SSSR count). The highest BCUT2D eigenvalue weighted by Crippen LogP contribution is 2.23. The first-order chi connectivity index (χ1) is 7.65. The molecule has 0 aliphatic rings. The summed E-state index contributed by atoms with van der Waals surface area (Å²) in [7, 11) is 0. The van der Waals surface area contributed by atoms with Crippen LogP contribution < -0.4 is 16.2 Å². The van der Waals surface area contributed by atoms with Gasteiger partial charge in [-0.3, -0.25) is 0 Å². The molecule has 16 heavy (non-hydrogen) atoms. The van der Waals surface area contributed by atoms with E-state index in [9.17, 15) is 4.79 Å². The fraction of sp³-hybridized carbons (Fsp3) is 0.0909. The Morgan fingerprint density at radius 3 is 2.94 bits per heavy atom. The molecule has 1 aromatic carbocycles. The van der Waals surface area contributed by atoms with Crippen LogP contribution in [0, 0.1) is 6.92 Å². The summed E-state index contributed by atoms with van der Waals surface area (Å²) in [4.78, 5) is 17.0. The maximum atomic E-state index is 10.9. The highest BCUT2D eigenvalue weighted by Gasteiger charge is 2.02. The minimum atomic E-state index is -0.391. The summed E-state index contributed by atoms with van der Waals surface area (Å²) in [6, 6.07) is 7.04. The van der Waals surface area contributed by atoms with Crippen LogP contribution in [0.5, 0.6) is 11.5 Å². The Morgan fingerprint density at radius 2 is 2.25 bits per heavy atom. The number of benzene rings is 1. The summed E-state index contributed by atoms with van der Waals surface area (Å²) < 4.78 is 5.53. The lowest BCUT2D eigenvalue weighted by Crippen LogP contribution is -2.11. The fourth-order valence-electron chi connectivity index (χ4n) is 1.28. The van der Waals surface area contributed by atoms with Crippen LogP contribution in [0.4, 0.5) is 5.69 Å². The SMILES string of the molecule is Cc1[nH]c(=O)ncc1Oc1cccc(N)c1. The number of aromatic amines is 1. The van der Waals surface area contributed by atoms with Crippen LogP contribution in [0.3, 0.4) is 0 Å². The fourth-order valence-corrected chi connectivity index (χ4v) is 1.28. The smallest absolute Gasteiger partial charge is 0.345 e. The quantitative estimate of drug-likeness (QED) is 0.746. The van der Waals surface area contributed by atoms with Crippen molar-refractivity contribution >= 4 is 5.69 Å². The summed E-state index contributed by atoms with van der Waals surface area (Å²) in [5.41, 5.74) is 6.48. The van der Waals surface area contributed by atoms with Crippen molar-refractivity contribution in [1.82, 2.24) is 9.97 Å². The summed E-state index contributed by atoms with van der Waals surface area (Å²) in [6.07, 6.45) is 1.39. The molecule has 1 aromatic heterocycles. The molecule has 0 aliphatic carbocycles. The average molecular weight is 217 g/mol. The third kappa shape index (κ3) is 2.20. The van der Waals surface area contributed by atoms with Gasteiger partial charge in [0.2, 0.25) is 0 Å². The van der Waals surface area contributed by atoms with Crippen molar-refractivity contribution in [3.8, 4) is 11.5 Å². The summed E-state index contributed by atoms with van der Waals surface area (Å²) in [6.45, 7) is 1.74. The first-order valence-corrected chi connectivity index (χ1v) is 4.74. The molecular formula is C11H11N3O2. The Labute approximate surface area is 91.9 Å². The van der Waals surface area contributed by atoms with E-state index >= 15 is 0 Å². The van der Waals surface area contributed by atoms with Gasteiger partial charge in [-0.2, -0.15) is 4.98 Å². The van der Waals surface area contributed by atoms with E-state index in [0.29, 0.717) is 22.9 Å². The molecular weight excluding hydrogens is 206 g/mol. The van der Waals surface area contributed by atoms with Crippen LogP contribution in [-0.4, -0.2) is 9.97 Å². The Balaban J connectivity index is 2.30. The molecule has 0 saturated heterocycles. The number of H-pyrrole nitrogens is 1. The minimum Gasteiger partial charge on any atom is -0.454 e.